The van der Waals surface area contributed by atoms with E-state index in [4.69, 9.17) is 20.4 Å². The number of alkyl halides is 3. The first-order valence-electron chi connectivity index (χ1n) is 12.4. The largest absolute Gasteiger partial charge is 0.478 e. The summed E-state index contributed by atoms with van der Waals surface area (Å²) in [7, 11) is 2.05. The smallest absolute Gasteiger partial charge is 0.416 e. The minimum Gasteiger partial charge on any atom is -0.478 e. The van der Waals surface area contributed by atoms with Gasteiger partial charge in [0.25, 0.3) is 0 Å². The molecule has 0 radical (unpaired) electrons. The monoisotopic (exact) mass is 628 g/mol. The second-order valence-electron chi connectivity index (χ2n) is 9.18. The Morgan fingerprint density at radius 3 is 1.77 bits per heavy atom. The number of hydrogen-bond acceptors (Lipinski definition) is 7. The molecule has 2 aromatic rings. The van der Waals surface area contributed by atoms with Crippen molar-refractivity contribution in [2.45, 2.75) is 28.4 Å². The summed E-state index contributed by atoms with van der Waals surface area (Å²) in [5.41, 5.74) is 1.05. The average molecular weight is 629 g/mol. The second kappa shape index (κ2) is 15.9. The fourth-order valence-electron chi connectivity index (χ4n) is 4.05. The van der Waals surface area contributed by atoms with E-state index in [1.165, 1.54) is 36.0 Å². The lowest BCUT2D eigenvalue weighted by Gasteiger charge is -2.38. The molecule has 0 amide bonds. The zero-order valence-corrected chi connectivity index (χ0v) is 23.4. The highest BCUT2D eigenvalue weighted by Crippen LogP contribution is 2.45. The molecule has 2 aliphatic rings. The Kier molecular flexibility index (Phi) is 12.9. The fourth-order valence-corrected chi connectivity index (χ4v) is 5.19. The number of hydrogen-bond donors (Lipinski definition) is 4. The number of halogens is 4. The SMILES string of the molecule is CN1CCN(C2Cc3ccc(F)cc3Sc3ccc(C(F)(F)F)cc32)CC1.O=C(O)/C=C/C(=O)O.O=C(O)/C=C/C(=O)O. The van der Waals surface area contributed by atoms with Crippen molar-refractivity contribution in [3.63, 3.8) is 0 Å². The first kappa shape index (κ1) is 35.0. The van der Waals surface area contributed by atoms with E-state index in [-0.39, 0.29) is 11.9 Å². The average Bonchev–Trinajstić information content (AvgIpc) is 3.07. The number of aliphatic carboxylic acids is 4. The number of benzene rings is 2. The molecular formula is C28H28F4N2O8S. The van der Waals surface area contributed by atoms with Gasteiger partial charge in [-0.05, 0) is 54.9 Å². The maximum atomic E-state index is 13.7. The van der Waals surface area contributed by atoms with Gasteiger partial charge >= 0.3 is 30.1 Å². The van der Waals surface area contributed by atoms with Gasteiger partial charge in [-0.1, -0.05) is 17.8 Å². The summed E-state index contributed by atoms with van der Waals surface area (Å²) in [6.07, 6.45) is -1.56. The van der Waals surface area contributed by atoms with Crippen LogP contribution < -0.4 is 0 Å². The van der Waals surface area contributed by atoms with Gasteiger partial charge in [0, 0.05) is 66.3 Å². The van der Waals surface area contributed by atoms with Crippen LogP contribution in [0.3, 0.4) is 0 Å². The molecule has 1 atom stereocenters. The zero-order chi connectivity index (χ0) is 32.3. The third-order valence-corrected chi connectivity index (χ3v) is 7.27. The van der Waals surface area contributed by atoms with Crippen LogP contribution in [0.25, 0.3) is 0 Å². The van der Waals surface area contributed by atoms with Gasteiger partial charge in [0.1, 0.15) is 5.82 Å². The third-order valence-electron chi connectivity index (χ3n) is 6.07. The van der Waals surface area contributed by atoms with Crippen molar-refractivity contribution in [2.24, 2.45) is 0 Å². The molecule has 15 heteroatoms. The van der Waals surface area contributed by atoms with Gasteiger partial charge < -0.3 is 25.3 Å². The van der Waals surface area contributed by atoms with Crippen LogP contribution >= 0.6 is 11.8 Å². The van der Waals surface area contributed by atoms with Gasteiger partial charge in [0.15, 0.2) is 0 Å². The minimum atomic E-state index is -4.38. The quantitative estimate of drug-likeness (QED) is 0.277. The van der Waals surface area contributed by atoms with E-state index in [0.717, 1.165) is 47.6 Å². The first-order valence-corrected chi connectivity index (χ1v) is 13.3. The van der Waals surface area contributed by atoms with Crippen LogP contribution in [-0.4, -0.2) is 87.3 Å². The Balaban J connectivity index is 0.000000334. The van der Waals surface area contributed by atoms with Crippen LogP contribution in [0.1, 0.15) is 22.7 Å². The standard InChI is InChI=1S/C20H20F4N2S.2C4H4O4/c1-25-6-8-26(9-7-25)17-10-13-2-4-15(21)12-19(13)27-18-5-3-14(11-16(17)18)20(22,23)24;2*5-3(6)1-2-4(7)8/h2-5,11-12,17H,6-10H2,1H3;2*1-2H,(H,5,6)(H,7,8)/b;2*2-1+. The van der Waals surface area contributed by atoms with E-state index < -0.39 is 35.6 Å². The Morgan fingerprint density at radius 2 is 1.30 bits per heavy atom. The molecular weight excluding hydrogens is 600 g/mol. The van der Waals surface area contributed by atoms with Crippen molar-refractivity contribution in [3.05, 3.63) is 83.2 Å². The zero-order valence-electron chi connectivity index (χ0n) is 22.6. The molecule has 2 aliphatic heterocycles. The van der Waals surface area contributed by atoms with Crippen molar-refractivity contribution in [1.29, 1.82) is 0 Å². The van der Waals surface area contributed by atoms with Crippen LogP contribution in [0.4, 0.5) is 17.6 Å². The summed E-state index contributed by atoms with van der Waals surface area (Å²) in [4.78, 5) is 44.3. The number of carbonyl (C=O) groups is 4. The summed E-state index contributed by atoms with van der Waals surface area (Å²) in [6, 6.07) is 8.47. The molecule has 4 rings (SSSR count). The second-order valence-corrected chi connectivity index (χ2v) is 10.3. The molecule has 0 spiro atoms. The van der Waals surface area contributed by atoms with Gasteiger partial charge in [-0.2, -0.15) is 13.2 Å². The molecule has 1 fully saturated rings. The lowest BCUT2D eigenvalue weighted by molar-refractivity contribution is -0.138. The number of likely N-dealkylation sites (N-methyl/N-ethyl adjacent to an activating group) is 1. The summed E-state index contributed by atoms with van der Waals surface area (Å²) >= 11 is 1.36. The lowest BCUT2D eigenvalue weighted by atomic mass is 9.95. The predicted octanol–water partition coefficient (Wildman–Crippen LogP) is 4.26. The fraction of sp³-hybridized carbons (Fsp3) is 0.286. The van der Waals surface area contributed by atoms with Crippen LogP contribution in [0.2, 0.25) is 0 Å². The van der Waals surface area contributed by atoms with Crippen molar-refractivity contribution >= 4 is 35.6 Å². The van der Waals surface area contributed by atoms with E-state index in [2.05, 4.69) is 9.80 Å². The van der Waals surface area contributed by atoms with Crippen molar-refractivity contribution in [3.8, 4) is 0 Å². The highest BCUT2D eigenvalue weighted by atomic mass is 32.2. The van der Waals surface area contributed by atoms with E-state index in [1.807, 2.05) is 7.05 Å². The van der Waals surface area contributed by atoms with E-state index in [9.17, 15) is 36.7 Å². The number of carboxylic acid groups (broad SMARTS) is 4. The van der Waals surface area contributed by atoms with Crippen LogP contribution in [-0.2, 0) is 31.8 Å². The van der Waals surface area contributed by atoms with E-state index in [1.54, 1.807) is 6.07 Å². The minimum absolute atomic E-state index is 0.143. The van der Waals surface area contributed by atoms with Gasteiger partial charge in [-0.15, -0.1) is 0 Å². The molecule has 232 valence electrons. The number of carboxylic acids is 4. The Hall–Kier alpha value is -4.21. The number of rotatable bonds is 5. The maximum Gasteiger partial charge on any atom is 0.416 e. The molecule has 1 unspecified atom stereocenters. The van der Waals surface area contributed by atoms with E-state index in [0.29, 0.717) is 36.3 Å². The number of fused-ring (bicyclic) bond motifs is 2. The van der Waals surface area contributed by atoms with Gasteiger partial charge in [0.05, 0.1) is 5.56 Å². The van der Waals surface area contributed by atoms with Crippen LogP contribution in [0, 0.1) is 5.82 Å². The molecule has 0 saturated carbocycles. The molecule has 0 aliphatic carbocycles. The van der Waals surface area contributed by atoms with Crippen molar-refractivity contribution in [2.75, 3.05) is 33.2 Å². The summed E-state index contributed by atoms with van der Waals surface area (Å²) < 4.78 is 53.7. The van der Waals surface area contributed by atoms with Crippen LogP contribution in [0.5, 0.6) is 0 Å². The third kappa shape index (κ3) is 11.9. The normalized spacial score (nSPS) is 17.0. The van der Waals surface area contributed by atoms with Gasteiger partial charge in [-0.3, -0.25) is 4.90 Å². The summed E-state index contributed by atoms with van der Waals surface area (Å²) in [5, 5.41) is 31.2. The number of nitrogens with zero attached hydrogens (tertiary/aromatic N) is 2. The molecule has 0 bridgehead atoms. The lowest BCUT2D eigenvalue weighted by Crippen LogP contribution is -2.46. The van der Waals surface area contributed by atoms with Crippen molar-refractivity contribution < 1.29 is 57.2 Å². The summed E-state index contributed by atoms with van der Waals surface area (Å²) in [5.74, 6) is -5.35. The van der Waals surface area contributed by atoms with Crippen molar-refractivity contribution in [1.82, 2.24) is 9.80 Å². The first-order chi connectivity index (χ1) is 20.1. The molecule has 4 N–H and O–H groups in total. The molecule has 43 heavy (non-hydrogen) atoms. The topological polar surface area (TPSA) is 156 Å². The highest BCUT2D eigenvalue weighted by molar-refractivity contribution is 7.99. The van der Waals surface area contributed by atoms with Gasteiger partial charge in [-0.25, -0.2) is 23.6 Å². The number of piperazine rings is 1. The van der Waals surface area contributed by atoms with E-state index >= 15 is 0 Å². The summed E-state index contributed by atoms with van der Waals surface area (Å²) in [6.45, 7) is 3.37. The molecule has 10 nitrogen and oxygen atoms in total. The predicted molar refractivity (Wildman–Crippen MR) is 146 cm³/mol. The van der Waals surface area contributed by atoms with Crippen LogP contribution in [0.15, 0.2) is 70.5 Å². The Bertz CT molecular complexity index is 1320. The molecule has 2 heterocycles. The Labute approximate surface area is 247 Å². The molecule has 2 aromatic carbocycles. The highest BCUT2D eigenvalue weighted by Gasteiger charge is 2.35. The Morgan fingerprint density at radius 1 is 0.791 bits per heavy atom. The molecule has 0 aromatic heterocycles. The van der Waals surface area contributed by atoms with Gasteiger partial charge in [0.2, 0.25) is 0 Å². The molecule has 1 saturated heterocycles. The maximum absolute atomic E-state index is 13.7.